The van der Waals surface area contributed by atoms with Crippen molar-refractivity contribution in [2.75, 3.05) is 5.32 Å². The molecule has 0 unspecified atom stereocenters. The van der Waals surface area contributed by atoms with Crippen LogP contribution in [0.25, 0.3) is 5.69 Å². The number of carbonyl (C=O) groups is 1. The first-order chi connectivity index (χ1) is 12.1. The molecule has 1 amide bonds. The van der Waals surface area contributed by atoms with Crippen molar-refractivity contribution >= 4 is 11.6 Å². The molecule has 0 bridgehead atoms. The van der Waals surface area contributed by atoms with Gasteiger partial charge < -0.3 is 10.1 Å². The third kappa shape index (κ3) is 2.82. The summed E-state index contributed by atoms with van der Waals surface area (Å²) in [6, 6.07) is 11.8. The number of para-hydroxylation sites is 1. The first kappa shape index (κ1) is 15.3. The molecule has 1 aliphatic heterocycles. The molecular weight excluding hydrogens is 325 g/mol. The average molecular weight is 339 g/mol. The summed E-state index contributed by atoms with van der Waals surface area (Å²) in [5, 5.41) is 13.7. The number of fused-ring (bicyclic) bond motifs is 1. The van der Waals surface area contributed by atoms with Gasteiger partial charge in [0.25, 0.3) is 5.91 Å². The Labute approximate surface area is 142 Å². The molecule has 0 saturated heterocycles. The summed E-state index contributed by atoms with van der Waals surface area (Å²) in [4.78, 5) is 12.5. The van der Waals surface area contributed by atoms with E-state index < -0.39 is 11.9 Å². The average Bonchev–Trinajstić information content (AvgIpc) is 3.22. The van der Waals surface area contributed by atoms with E-state index in [9.17, 15) is 9.18 Å². The highest BCUT2D eigenvalue weighted by Gasteiger charge is 2.29. The number of nitrogens with zero attached hydrogens (tertiary/aromatic N) is 4. The number of ether oxygens (including phenoxy) is 1. The molecular formula is C17H14FN5O2. The third-order valence-electron chi connectivity index (χ3n) is 4.01. The second-order valence-electron chi connectivity index (χ2n) is 5.71. The summed E-state index contributed by atoms with van der Waals surface area (Å²) in [5.41, 5.74) is 1.60. The fraction of sp³-hybridized carbons (Fsp3) is 0.176. The van der Waals surface area contributed by atoms with Gasteiger partial charge in [-0.05, 0) is 47.2 Å². The number of tetrazole rings is 1. The van der Waals surface area contributed by atoms with Crippen LogP contribution in [-0.2, 0) is 11.2 Å². The lowest BCUT2D eigenvalue weighted by Gasteiger charge is -2.12. The maximum Gasteiger partial charge on any atom is 0.265 e. The Morgan fingerprint density at radius 2 is 2.16 bits per heavy atom. The molecule has 0 saturated carbocycles. The molecule has 0 radical (unpaired) electrons. The second kappa shape index (κ2) is 5.97. The van der Waals surface area contributed by atoms with Crippen LogP contribution in [-0.4, -0.2) is 32.2 Å². The molecule has 1 N–H and O–H groups in total. The quantitative estimate of drug-likeness (QED) is 0.790. The van der Waals surface area contributed by atoms with Gasteiger partial charge in [0.05, 0.1) is 0 Å². The fourth-order valence-corrected chi connectivity index (χ4v) is 2.76. The van der Waals surface area contributed by atoms with Crippen molar-refractivity contribution < 1.29 is 13.9 Å². The van der Waals surface area contributed by atoms with Crippen LogP contribution in [0.4, 0.5) is 10.1 Å². The third-order valence-corrected chi connectivity index (χ3v) is 4.01. The van der Waals surface area contributed by atoms with Crippen LogP contribution in [0.5, 0.6) is 5.75 Å². The van der Waals surface area contributed by atoms with E-state index in [-0.39, 0.29) is 11.6 Å². The van der Waals surface area contributed by atoms with Gasteiger partial charge in [-0.3, -0.25) is 4.79 Å². The molecule has 126 valence electrons. The largest absolute Gasteiger partial charge is 0.480 e. The van der Waals surface area contributed by atoms with E-state index in [4.69, 9.17) is 4.74 Å². The maximum absolute atomic E-state index is 14.1. The first-order valence-electron chi connectivity index (χ1n) is 7.72. The fourth-order valence-electron chi connectivity index (χ4n) is 2.76. The number of amides is 1. The van der Waals surface area contributed by atoms with Crippen LogP contribution in [0, 0.1) is 12.7 Å². The lowest BCUT2D eigenvalue weighted by molar-refractivity contribution is -0.122. The highest BCUT2D eigenvalue weighted by molar-refractivity contribution is 5.95. The second-order valence-corrected chi connectivity index (χ2v) is 5.71. The number of aryl methyl sites for hydroxylation is 1. The van der Waals surface area contributed by atoms with Crippen LogP contribution in [0.1, 0.15) is 11.4 Å². The molecule has 8 heteroatoms. The Bertz CT molecular complexity index is 931. The molecule has 1 aromatic heterocycles. The van der Waals surface area contributed by atoms with Gasteiger partial charge >= 0.3 is 0 Å². The topological polar surface area (TPSA) is 81.9 Å². The van der Waals surface area contributed by atoms with Crippen molar-refractivity contribution in [2.24, 2.45) is 0 Å². The monoisotopic (exact) mass is 339 g/mol. The Hall–Kier alpha value is -3.29. The van der Waals surface area contributed by atoms with E-state index in [1.54, 1.807) is 6.92 Å². The standard InChI is InChI=1S/C17H14FN5O2/c1-10-20-21-22-23(10)14-9-12(6-7-13(14)18)19-17(24)16-8-11-4-2-3-5-15(11)25-16/h2-7,9,16H,8H2,1H3,(H,19,24)/t16-/m0/s1. The molecule has 4 rings (SSSR count). The number of hydrogen-bond donors (Lipinski definition) is 1. The van der Waals surface area contributed by atoms with Gasteiger partial charge in [-0.1, -0.05) is 18.2 Å². The minimum atomic E-state index is -0.610. The van der Waals surface area contributed by atoms with Crippen LogP contribution >= 0.6 is 0 Å². The molecule has 1 aliphatic rings. The number of halogens is 1. The summed E-state index contributed by atoms with van der Waals surface area (Å²) in [6.07, 6.45) is -0.108. The zero-order chi connectivity index (χ0) is 17.4. The molecule has 0 spiro atoms. The van der Waals surface area contributed by atoms with E-state index in [1.807, 2.05) is 24.3 Å². The number of nitrogens with one attached hydrogen (secondary N) is 1. The number of aromatic nitrogens is 4. The van der Waals surface area contributed by atoms with Gasteiger partial charge in [0.1, 0.15) is 17.3 Å². The zero-order valence-electron chi connectivity index (χ0n) is 13.3. The van der Waals surface area contributed by atoms with Gasteiger partial charge in [0, 0.05) is 12.1 Å². The molecule has 7 nitrogen and oxygen atoms in total. The van der Waals surface area contributed by atoms with Gasteiger partial charge in [0.2, 0.25) is 0 Å². The van der Waals surface area contributed by atoms with E-state index in [1.165, 1.54) is 22.9 Å². The van der Waals surface area contributed by atoms with Crippen molar-refractivity contribution in [3.63, 3.8) is 0 Å². The van der Waals surface area contributed by atoms with Crippen molar-refractivity contribution in [1.29, 1.82) is 0 Å². The number of benzene rings is 2. The molecule has 2 heterocycles. The van der Waals surface area contributed by atoms with Crippen molar-refractivity contribution in [2.45, 2.75) is 19.4 Å². The van der Waals surface area contributed by atoms with Gasteiger partial charge in [0.15, 0.2) is 11.9 Å². The van der Waals surface area contributed by atoms with Crippen LogP contribution in [0.3, 0.4) is 0 Å². The van der Waals surface area contributed by atoms with Crippen LogP contribution in [0.2, 0.25) is 0 Å². The molecule has 0 aliphatic carbocycles. The van der Waals surface area contributed by atoms with E-state index >= 15 is 0 Å². The van der Waals surface area contributed by atoms with Crippen molar-refractivity contribution in [3.05, 3.63) is 59.7 Å². The maximum atomic E-state index is 14.1. The van der Waals surface area contributed by atoms with Crippen molar-refractivity contribution in [3.8, 4) is 11.4 Å². The number of hydrogen-bond acceptors (Lipinski definition) is 5. The smallest absolute Gasteiger partial charge is 0.265 e. The summed E-state index contributed by atoms with van der Waals surface area (Å²) >= 11 is 0. The highest BCUT2D eigenvalue weighted by Crippen LogP contribution is 2.29. The predicted molar refractivity (Wildman–Crippen MR) is 87.0 cm³/mol. The van der Waals surface area contributed by atoms with E-state index in [0.717, 1.165) is 5.56 Å². The minimum Gasteiger partial charge on any atom is -0.480 e. The normalized spacial score (nSPS) is 15.5. The molecule has 2 aromatic carbocycles. The summed E-state index contributed by atoms with van der Waals surface area (Å²) < 4.78 is 21.0. The molecule has 25 heavy (non-hydrogen) atoms. The van der Waals surface area contributed by atoms with Gasteiger partial charge in [-0.25, -0.2) is 4.39 Å². The molecule has 3 aromatic rings. The molecule has 1 atom stereocenters. The summed E-state index contributed by atoms with van der Waals surface area (Å²) in [6.45, 7) is 1.66. The first-order valence-corrected chi connectivity index (χ1v) is 7.72. The predicted octanol–water partition coefficient (Wildman–Crippen LogP) is 2.05. The summed E-state index contributed by atoms with van der Waals surface area (Å²) in [5.74, 6) is 0.379. The van der Waals surface area contributed by atoms with Crippen LogP contribution in [0.15, 0.2) is 42.5 Å². The summed E-state index contributed by atoms with van der Waals surface area (Å²) in [7, 11) is 0. The number of carbonyl (C=O) groups excluding carboxylic acids is 1. The Kier molecular flexibility index (Phi) is 3.64. The van der Waals surface area contributed by atoms with Crippen LogP contribution < -0.4 is 10.1 Å². The van der Waals surface area contributed by atoms with E-state index in [0.29, 0.717) is 23.7 Å². The zero-order valence-corrected chi connectivity index (χ0v) is 13.3. The number of anilines is 1. The Morgan fingerprint density at radius 3 is 2.92 bits per heavy atom. The SMILES string of the molecule is Cc1nnnn1-c1cc(NC(=O)[C@@H]2Cc3ccccc3O2)ccc1F. The number of rotatable bonds is 3. The lowest BCUT2D eigenvalue weighted by atomic mass is 10.1. The Balaban J connectivity index is 1.54. The van der Waals surface area contributed by atoms with Gasteiger partial charge in [-0.2, -0.15) is 4.68 Å². The lowest BCUT2D eigenvalue weighted by Crippen LogP contribution is -2.31. The van der Waals surface area contributed by atoms with Gasteiger partial charge in [-0.15, -0.1) is 5.10 Å². The highest BCUT2D eigenvalue weighted by atomic mass is 19.1. The minimum absolute atomic E-state index is 0.163. The Morgan fingerprint density at radius 1 is 1.32 bits per heavy atom. The molecule has 0 fully saturated rings. The van der Waals surface area contributed by atoms with E-state index in [2.05, 4.69) is 20.8 Å². The van der Waals surface area contributed by atoms with Crippen molar-refractivity contribution in [1.82, 2.24) is 20.2 Å².